The van der Waals surface area contributed by atoms with Crippen LogP contribution in [-0.4, -0.2) is 26.2 Å². The molecule has 0 heterocycles. The van der Waals surface area contributed by atoms with Gasteiger partial charge in [-0.05, 0) is 18.8 Å². The third-order valence-electron chi connectivity index (χ3n) is 5.73. The van der Waals surface area contributed by atoms with Crippen LogP contribution in [0.3, 0.4) is 0 Å². The molecule has 166 valence electrons. The first-order valence-electron chi connectivity index (χ1n) is 11.8. The maximum Gasteiger partial charge on any atom is 0.305 e. The number of esters is 2. The number of hydrogen-bond donors (Lipinski definition) is 0. The molecule has 1 atom stereocenters. The maximum absolute atomic E-state index is 11.3. The molecule has 1 unspecified atom stereocenters. The third kappa shape index (κ3) is 18.3. The number of hydrogen-bond acceptors (Lipinski definition) is 4. The highest BCUT2D eigenvalue weighted by Crippen LogP contribution is 2.19. The molecule has 0 spiro atoms. The van der Waals surface area contributed by atoms with E-state index in [1.807, 2.05) is 0 Å². The number of carbonyl (C=O) groups is 2. The van der Waals surface area contributed by atoms with Gasteiger partial charge in [-0.2, -0.15) is 0 Å². The van der Waals surface area contributed by atoms with Crippen LogP contribution in [0.15, 0.2) is 0 Å². The number of methoxy groups -OCH3 is 2. The summed E-state index contributed by atoms with van der Waals surface area (Å²) in [5.41, 5.74) is 0. The Balaban J connectivity index is 3.23. The first-order chi connectivity index (χ1) is 13.6. The van der Waals surface area contributed by atoms with Crippen LogP contribution < -0.4 is 0 Å². The fourth-order valence-electron chi connectivity index (χ4n) is 3.70. The highest BCUT2D eigenvalue weighted by molar-refractivity contribution is 5.69. The summed E-state index contributed by atoms with van der Waals surface area (Å²) >= 11 is 0. The molecule has 0 amide bonds. The molecule has 28 heavy (non-hydrogen) atoms. The Morgan fingerprint density at radius 2 is 1.00 bits per heavy atom. The summed E-state index contributed by atoms with van der Waals surface area (Å²) in [6.07, 6.45) is 21.5. The molecule has 0 radical (unpaired) electrons. The second kappa shape index (κ2) is 20.7. The smallest absolute Gasteiger partial charge is 0.305 e. The molecule has 0 bridgehead atoms. The molecule has 4 nitrogen and oxygen atoms in total. The van der Waals surface area contributed by atoms with Gasteiger partial charge in [-0.1, -0.05) is 96.8 Å². The van der Waals surface area contributed by atoms with Crippen LogP contribution in [0.2, 0.25) is 0 Å². The predicted molar refractivity (Wildman–Crippen MR) is 116 cm³/mol. The van der Waals surface area contributed by atoms with E-state index in [-0.39, 0.29) is 11.9 Å². The first kappa shape index (κ1) is 26.9. The van der Waals surface area contributed by atoms with Crippen LogP contribution in [0.1, 0.15) is 122 Å². The van der Waals surface area contributed by atoms with Crippen LogP contribution in [0.5, 0.6) is 0 Å². The van der Waals surface area contributed by atoms with E-state index in [9.17, 15) is 9.59 Å². The third-order valence-corrected chi connectivity index (χ3v) is 5.73. The molecule has 0 aromatic heterocycles. The van der Waals surface area contributed by atoms with Gasteiger partial charge < -0.3 is 9.47 Å². The predicted octanol–water partition coefficient (Wildman–Crippen LogP) is 6.99. The van der Waals surface area contributed by atoms with Crippen molar-refractivity contribution in [3.63, 3.8) is 0 Å². The zero-order valence-corrected chi connectivity index (χ0v) is 18.9. The lowest BCUT2D eigenvalue weighted by Gasteiger charge is -2.12. The maximum atomic E-state index is 11.3. The summed E-state index contributed by atoms with van der Waals surface area (Å²) in [5.74, 6) is 0.356. The van der Waals surface area contributed by atoms with E-state index < -0.39 is 0 Å². The van der Waals surface area contributed by atoms with Crippen LogP contribution >= 0.6 is 0 Å². The lowest BCUT2D eigenvalue weighted by molar-refractivity contribution is -0.142. The van der Waals surface area contributed by atoms with Gasteiger partial charge in [0.2, 0.25) is 0 Å². The molecule has 0 rings (SSSR count). The Morgan fingerprint density at radius 1 is 0.607 bits per heavy atom. The van der Waals surface area contributed by atoms with E-state index in [4.69, 9.17) is 4.74 Å². The van der Waals surface area contributed by atoms with E-state index in [0.717, 1.165) is 25.7 Å². The van der Waals surface area contributed by atoms with Gasteiger partial charge in [-0.15, -0.1) is 0 Å². The molecule has 0 saturated heterocycles. The summed E-state index contributed by atoms with van der Waals surface area (Å²) in [6, 6.07) is 0. The number of rotatable bonds is 20. The molecule has 0 aliphatic rings. The minimum atomic E-state index is -0.0799. The van der Waals surface area contributed by atoms with Gasteiger partial charge in [0, 0.05) is 12.8 Å². The number of ether oxygens (including phenoxy) is 2. The van der Waals surface area contributed by atoms with Crippen molar-refractivity contribution in [2.75, 3.05) is 14.2 Å². The average Bonchev–Trinajstić information content (AvgIpc) is 2.71. The molecular formula is C24H46O4. The standard InChI is InChI=1S/C24H46O4/c1-4-22(21-24(26)28-3)19-17-15-13-11-9-7-5-6-8-10-12-14-16-18-20-23(25)27-2/h22H,4-21H2,1-3H3. The van der Waals surface area contributed by atoms with E-state index >= 15 is 0 Å². The Hall–Kier alpha value is -1.06. The number of carbonyl (C=O) groups excluding carboxylic acids is 2. The summed E-state index contributed by atoms with van der Waals surface area (Å²) in [4.78, 5) is 22.3. The zero-order valence-electron chi connectivity index (χ0n) is 18.9. The normalized spacial score (nSPS) is 12.0. The van der Waals surface area contributed by atoms with Crippen molar-refractivity contribution >= 4 is 11.9 Å². The molecular weight excluding hydrogens is 352 g/mol. The minimum absolute atomic E-state index is 0.0644. The van der Waals surface area contributed by atoms with E-state index in [2.05, 4.69) is 11.7 Å². The molecule has 0 saturated carbocycles. The van der Waals surface area contributed by atoms with Gasteiger partial charge >= 0.3 is 11.9 Å². The lowest BCUT2D eigenvalue weighted by Crippen LogP contribution is -2.09. The van der Waals surface area contributed by atoms with Crippen LogP contribution in [-0.2, 0) is 19.1 Å². The van der Waals surface area contributed by atoms with Crippen molar-refractivity contribution < 1.29 is 19.1 Å². The molecule has 0 aromatic rings. The summed E-state index contributed by atoms with van der Waals surface area (Å²) < 4.78 is 9.41. The molecule has 4 heteroatoms. The molecule has 0 aromatic carbocycles. The van der Waals surface area contributed by atoms with Crippen LogP contribution in [0, 0.1) is 5.92 Å². The fourth-order valence-corrected chi connectivity index (χ4v) is 3.70. The average molecular weight is 399 g/mol. The van der Waals surface area contributed by atoms with Crippen LogP contribution in [0.4, 0.5) is 0 Å². The second-order valence-electron chi connectivity index (χ2n) is 8.12. The number of unbranched alkanes of at least 4 members (excludes halogenated alkanes) is 13. The molecule has 0 aliphatic carbocycles. The molecule has 0 N–H and O–H groups in total. The fraction of sp³-hybridized carbons (Fsp3) is 0.917. The zero-order chi connectivity index (χ0) is 20.9. The van der Waals surface area contributed by atoms with Crippen molar-refractivity contribution in [3.05, 3.63) is 0 Å². The van der Waals surface area contributed by atoms with Crippen molar-refractivity contribution in [1.29, 1.82) is 0 Å². The van der Waals surface area contributed by atoms with E-state index in [0.29, 0.717) is 18.8 Å². The second-order valence-corrected chi connectivity index (χ2v) is 8.12. The van der Waals surface area contributed by atoms with Gasteiger partial charge in [-0.25, -0.2) is 0 Å². The van der Waals surface area contributed by atoms with E-state index in [1.165, 1.54) is 91.3 Å². The Morgan fingerprint density at radius 3 is 1.39 bits per heavy atom. The quantitative estimate of drug-likeness (QED) is 0.164. The van der Waals surface area contributed by atoms with Crippen molar-refractivity contribution in [1.82, 2.24) is 0 Å². The van der Waals surface area contributed by atoms with Gasteiger partial charge in [0.1, 0.15) is 0 Å². The van der Waals surface area contributed by atoms with Gasteiger partial charge in [-0.3, -0.25) is 9.59 Å². The Labute approximate surface area is 174 Å². The van der Waals surface area contributed by atoms with Crippen molar-refractivity contribution in [2.24, 2.45) is 5.92 Å². The lowest BCUT2D eigenvalue weighted by atomic mass is 9.95. The van der Waals surface area contributed by atoms with Crippen molar-refractivity contribution in [2.45, 2.75) is 122 Å². The molecule has 0 aliphatic heterocycles. The van der Waals surface area contributed by atoms with Crippen LogP contribution in [0.25, 0.3) is 0 Å². The SMILES string of the molecule is CCC(CCCCCCCCCCCCCCCCC(=O)OC)CC(=O)OC. The highest BCUT2D eigenvalue weighted by atomic mass is 16.5. The minimum Gasteiger partial charge on any atom is -0.469 e. The van der Waals surface area contributed by atoms with Gasteiger partial charge in [0.25, 0.3) is 0 Å². The Bertz CT molecular complexity index is 368. The summed E-state index contributed by atoms with van der Waals surface area (Å²) in [5, 5.41) is 0. The molecule has 0 fully saturated rings. The summed E-state index contributed by atoms with van der Waals surface area (Å²) in [6.45, 7) is 2.17. The van der Waals surface area contributed by atoms with E-state index in [1.54, 1.807) is 0 Å². The first-order valence-corrected chi connectivity index (χ1v) is 11.8. The topological polar surface area (TPSA) is 52.6 Å². The highest BCUT2D eigenvalue weighted by Gasteiger charge is 2.11. The largest absolute Gasteiger partial charge is 0.469 e. The van der Waals surface area contributed by atoms with Gasteiger partial charge in [0.15, 0.2) is 0 Å². The van der Waals surface area contributed by atoms with Gasteiger partial charge in [0.05, 0.1) is 14.2 Å². The Kier molecular flexibility index (Phi) is 19.9. The monoisotopic (exact) mass is 398 g/mol. The van der Waals surface area contributed by atoms with Crippen molar-refractivity contribution in [3.8, 4) is 0 Å². The summed E-state index contributed by atoms with van der Waals surface area (Å²) in [7, 11) is 2.94.